The topological polar surface area (TPSA) is 9.23 Å². The van der Waals surface area contributed by atoms with E-state index in [1.165, 1.54) is 5.56 Å². The van der Waals surface area contributed by atoms with E-state index in [4.69, 9.17) is 4.74 Å². The summed E-state index contributed by atoms with van der Waals surface area (Å²) in [7, 11) is 0. The lowest BCUT2D eigenvalue weighted by molar-refractivity contribution is 0.138. The molecule has 4 heteroatoms. The molecule has 0 radical (unpaired) electrons. The maximum Gasteiger partial charge on any atom is 0.142 e. The van der Waals surface area contributed by atoms with Crippen molar-refractivity contribution in [3.8, 4) is 5.75 Å². The molecular formula is C17H15Br2FO. The highest BCUT2D eigenvalue weighted by molar-refractivity contribution is 9.10. The van der Waals surface area contributed by atoms with Gasteiger partial charge >= 0.3 is 0 Å². The van der Waals surface area contributed by atoms with Crippen molar-refractivity contribution < 1.29 is 9.13 Å². The van der Waals surface area contributed by atoms with Crippen LogP contribution >= 0.6 is 31.9 Å². The quantitative estimate of drug-likeness (QED) is 0.566. The molecule has 3 rings (SSSR count). The van der Waals surface area contributed by atoms with Crippen LogP contribution in [-0.4, -0.2) is 5.60 Å². The van der Waals surface area contributed by atoms with Crippen molar-refractivity contribution in [1.82, 2.24) is 0 Å². The third-order valence-corrected chi connectivity index (χ3v) is 5.27. The van der Waals surface area contributed by atoms with Gasteiger partial charge in [-0.2, -0.15) is 0 Å². The summed E-state index contributed by atoms with van der Waals surface area (Å²) in [5.41, 5.74) is 2.68. The first-order valence-electron chi connectivity index (χ1n) is 6.77. The zero-order chi connectivity index (χ0) is 15.2. The van der Waals surface area contributed by atoms with E-state index in [0.29, 0.717) is 10.0 Å². The van der Waals surface area contributed by atoms with Gasteiger partial charge in [-0.05, 0) is 53.0 Å². The van der Waals surface area contributed by atoms with Crippen LogP contribution in [0.25, 0.3) is 0 Å². The predicted octanol–water partition coefficient (Wildman–Crippen LogP) is 5.79. The van der Waals surface area contributed by atoms with Crippen molar-refractivity contribution in [2.75, 3.05) is 0 Å². The molecule has 1 heterocycles. The largest absolute Gasteiger partial charge is 0.487 e. The molecule has 1 aliphatic heterocycles. The van der Waals surface area contributed by atoms with Crippen LogP contribution < -0.4 is 4.74 Å². The van der Waals surface area contributed by atoms with Gasteiger partial charge in [0.05, 0.1) is 9.30 Å². The Morgan fingerprint density at radius 3 is 2.76 bits per heavy atom. The van der Waals surface area contributed by atoms with Gasteiger partial charge in [0.1, 0.15) is 17.2 Å². The molecule has 1 aliphatic rings. The Bertz CT molecular complexity index is 697. The molecule has 0 aromatic heterocycles. The maximum absolute atomic E-state index is 14.2. The molecule has 21 heavy (non-hydrogen) atoms. The normalized spacial score (nSPS) is 17.2. The Labute approximate surface area is 140 Å². The minimum absolute atomic E-state index is 0.163. The second-order valence-electron chi connectivity index (χ2n) is 5.91. The number of hydrogen-bond donors (Lipinski definition) is 0. The van der Waals surface area contributed by atoms with Gasteiger partial charge in [0.2, 0.25) is 0 Å². The van der Waals surface area contributed by atoms with Crippen molar-refractivity contribution in [1.29, 1.82) is 0 Å². The molecule has 0 spiro atoms. The average molecular weight is 414 g/mol. The molecule has 0 amide bonds. The Hall–Kier alpha value is -0.870. The minimum atomic E-state index is -0.226. The van der Waals surface area contributed by atoms with E-state index in [0.717, 1.165) is 17.7 Å². The standard InChI is InChI=1S/C17H15Br2FO/c1-17(2)9-11-8-10(6-7-14(11)21-17)15(19)12-4-3-5-13(18)16(12)20/h3-8,15H,9H2,1-2H3. The fraction of sp³-hybridized carbons (Fsp3) is 0.294. The summed E-state index contributed by atoms with van der Waals surface area (Å²) in [4.78, 5) is -0.177. The Kier molecular flexibility index (Phi) is 3.87. The summed E-state index contributed by atoms with van der Waals surface area (Å²) in [5, 5.41) is 0. The van der Waals surface area contributed by atoms with E-state index in [1.54, 1.807) is 12.1 Å². The molecule has 1 nitrogen and oxygen atoms in total. The monoisotopic (exact) mass is 412 g/mol. The van der Waals surface area contributed by atoms with Crippen molar-refractivity contribution in [2.45, 2.75) is 30.7 Å². The molecule has 0 fully saturated rings. The summed E-state index contributed by atoms with van der Waals surface area (Å²) in [6, 6.07) is 11.4. The average Bonchev–Trinajstić information content (AvgIpc) is 2.73. The Morgan fingerprint density at radius 1 is 1.24 bits per heavy atom. The lowest BCUT2D eigenvalue weighted by Crippen LogP contribution is -2.24. The Balaban J connectivity index is 1.97. The van der Waals surface area contributed by atoms with E-state index < -0.39 is 0 Å². The number of hydrogen-bond acceptors (Lipinski definition) is 1. The number of ether oxygens (including phenoxy) is 1. The van der Waals surface area contributed by atoms with Crippen LogP contribution in [0.1, 0.15) is 35.4 Å². The molecule has 0 bridgehead atoms. The van der Waals surface area contributed by atoms with Gasteiger partial charge in [0.25, 0.3) is 0 Å². The van der Waals surface area contributed by atoms with Crippen molar-refractivity contribution in [3.05, 3.63) is 63.4 Å². The highest BCUT2D eigenvalue weighted by Gasteiger charge is 2.30. The van der Waals surface area contributed by atoms with Crippen LogP contribution in [0.5, 0.6) is 5.75 Å². The number of halogens is 3. The maximum atomic E-state index is 14.2. The third kappa shape index (κ3) is 2.88. The summed E-state index contributed by atoms with van der Waals surface area (Å²) >= 11 is 6.85. The van der Waals surface area contributed by atoms with Crippen LogP contribution in [0.3, 0.4) is 0 Å². The van der Waals surface area contributed by atoms with Gasteiger partial charge in [0.15, 0.2) is 0 Å². The van der Waals surface area contributed by atoms with Gasteiger partial charge < -0.3 is 4.74 Å². The summed E-state index contributed by atoms with van der Waals surface area (Å²) in [6.45, 7) is 4.15. The summed E-state index contributed by atoms with van der Waals surface area (Å²) in [5.74, 6) is 0.703. The van der Waals surface area contributed by atoms with Crippen LogP contribution in [0.2, 0.25) is 0 Å². The zero-order valence-corrected chi connectivity index (χ0v) is 15.0. The summed E-state index contributed by atoms with van der Waals surface area (Å²) in [6.07, 6.45) is 0.872. The van der Waals surface area contributed by atoms with Crippen molar-refractivity contribution >= 4 is 31.9 Å². The fourth-order valence-electron chi connectivity index (χ4n) is 2.68. The smallest absolute Gasteiger partial charge is 0.142 e. The fourth-order valence-corrected chi connectivity index (χ4v) is 3.70. The molecule has 0 N–H and O–H groups in total. The van der Waals surface area contributed by atoms with Gasteiger partial charge in [0, 0.05) is 12.0 Å². The second kappa shape index (κ2) is 5.40. The number of rotatable bonds is 2. The van der Waals surface area contributed by atoms with Crippen LogP contribution in [0.15, 0.2) is 40.9 Å². The van der Waals surface area contributed by atoms with Gasteiger partial charge in [-0.25, -0.2) is 4.39 Å². The van der Waals surface area contributed by atoms with Gasteiger partial charge in [-0.1, -0.05) is 40.2 Å². The van der Waals surface area contributed by atoms with Crippen molar-refractivity contribution in [3.63, 3.8) is 0 Å². The van der Waals surface area contributed by atoms with Gasteiger partial charge in [-0.15, -0.1) is 0 Å². The molecule has 0 saturated carbocycles. The van der Waals surface area contributed by atoms with E-state index in [9.17, 15) is 4.39 Å². The Morgan fingerprint density at radius 2 is 2.00 bits per heavy atom. The van der Waals surface area contributed by atoms with E-state index in [1.807, 2.05) is 18.2 Å². The van der Waals surface area contributed by atoms with Gasteiger partial charge in [-0.3, -0.25) is 0 Å². The van der Waals surface area contributed by atoms with E-state index in [-0.39, 0.29) is 16.2 Å². The van der Waals surface area contributed by atoms with E-state index in [2.05, 4.69) is 51.8 Å². The van der Waals surface area contributed by atoms with Crippen LogP contribution in [0, 0.1) is 5.82 Å². The molecule has 1 unspecified atom stereocenters. The highest BCUT2D eigenvalue weighted by Crippen LogP contribution is 2.40. The lowest BCUT2D eigenvalue weighted by Gasteiger charge is -2.16. The zero-order valence-electron chi connectivity index (χ0n) is 11.8. The molecule has 110 valence electrons. The highest BCUT2D eigenvalue weighted by atomic mass is 79.9. The number of fused-ring (bicyclic) bond motifs is 1. The molecule has 0 saturated heterocycles. The SMILES string of the molecule is CC1(C)Cc2cc(C(Br)c3cccc(Br)c3F)ccc2O1. The first-order chi connectivity index (χ1) is 9.87. The van der Waals surface area contributed by atoms with Crippen LogP contribution in [0.4, 0.5) is 4.39 Å². The number of benzene rings is 2. The first-order valence-corrected chi connectivity index (χ1v) is 8.48. The molecule has 2 aromatic rings. The summed E-state index contributed by atoms with van der Waals surface area (Å²) < 4.78 is 20.6. The lowest BCUT2D eigenvalue weighted by atomic mass is 9.97. The molecule has 1 atom stereocenters. The number of alkyl halides is 1. The predicted molar refractivity (Wildman–Crippen MR) is 89.7 cm³/mol. The second-order valence-corrected chi connectivity index (χ2v) is 7.68. The van der Waals surface area contributed by atoms with Crippen LogP contribution in [-0.2, 0) is 6.42 Å². The molecule has 0 aliphatic carbocycles. The molecule has 2 aromatic carbocycles. The molecular weight excluding hydrogens is 399 g/mol. The first kappa shape index (κ1) is 15.0. The van der Waals surface area contributed by atoms with E-state index >= 15 is 0 Å². The minimum Gasteiger partial charge on any atom is -0.487 e. The van der Waals surface area contributed by atoms with Crippen molar-refractivity contribution in [2.24, 2.45) is 0 Å². The third-order valence-electron chi connectivity index (χ3n) is 3.63.